The van der Waals surface area contributed by atoms with E-state index in [-0.39, 0.29) is 17.0 Å². The van der Waals surface area contributed by atoms with Crippen molar-refractivity contribution in [2.24, 2.45) is 0 Å². The zero-order valence-corrected chi connectivity index (χ0v) is 17.4. The quantitative estimate of drug-likeness (QED) is 0.411. The zero-order valence-electron chi connectivity index (χ0n) is 15.9. The molecule has 7 heteroatoms. The van der Waals surface area contributed by atoms with Crippen LogP contribution < -0.4 is 5.56 Å². The van der Waals surface area contributed by atoms with Crippen LogP contribution in [0.15, 0.2) is 45.6 Å². The van der Waals surface area contributed by atoms with Gasteiger partial charge in [-0.2, -0.15) is 5.26 Å². The van der Waals surface area contributed by atoms with E-state index in [1.807, 2.05) is 24.3 Å². The number of H-pyrrole nitrogens is 1. The van der Waals surface area contributed by atoms with Crippen molar-refractivity contribution < 1.29 is 4.42 Å². The molecule has 1 N–H and O–H groups in total. The molecular formula is C23H16ClN3O2S. The number of furan rings is 1. The highest BCUT2D eigenvalue weighted by atomic mass is 35.5. The van der Waals surface area contributed by atoms with Crippen LogP contribution in [0.25, 0.3) is 33.2 Å². The van der Waals surface area contributed by atoms with E-state index < -0.39 is 0 Å². The molecule has 0 aliphatic heterocycles. The summed E-state index contributed by atoms with van der Waals surface area (Å²) in [6, 6.07) is 13.1. The van der Waals surface area contributed by atoms with Gasteiger partial charge in [0.1, 0.15) is 22.4 Å². The molecule has 1 aromatic carbocycles. The van der Waals surface area contributed by atoms with Crippen LogP contribution in [0.1, 0.15) is 34.9 Å². The van der Waals surface area contributed by atoms with E-state index in [1.54, 1.807) is 29.5 Å². The number of rotatable bonds is 3. The van der Waals surface area contributed by atoms with Crippen molar-refractivity contribution in [2.45, 2.75) is 25.7 Å². The predicted molar refractivity (Wildman–Crippen MR) is 120 cm³/mol. The molecule has 0 saturated carbocycles. The number of hydrogen-bond donors (Lipinski definition) is 1. The first-order chi connectivity index (χ1) is 14.6. The van der Waals surface area contributed by atoms with Crippen LogP contribution in [0.4, 0.5) is 0 Å². The number of aromatic nitrogens is 2. The minimum absolute atomic E-state index is 0.186. The first kappa shape index (κ1) is 18.9. The molecule has 1 aliphatic carbocycles. The summed E-state index contributed by atoms with van der Waals surface area (Å²) in [7, 11) is 0. The topological polar surface area (TPSA) is 82.7 Å². The summed E-state index contributed by atoms with van der Waals surface area (Å²) in [5.74, 6) is 1.40. The molecule has 3 heterocycles. The van der Waals surface area contributed by atoms with Gasteiger partial charge in [-0.15, -0.1) is 11.3 Å². The van der Waals surface area contributed by atoms with Crippen molar-refractivity contribution in [2.75, 3.05) is 0 Å². The van der Waals surface area contributed by atoms with Crippen molar-refractivity contribution in [3.05, 3.63) is 73.8 Å². The number of nitriles is 1. The zero-order chi connectivity index (χ0) is 20.7. The van der Waals surface area contributed by atoms with E-state index in [0.29, 0.717) is 26.8 Å². The summed E-state index contributed by atoms with van der Waals surface area (Å²) in [5.41, 5.74) is 2.03. The summed E-state index contributed by atoms with van der Waals surface area (Å²) in [5, 5.41) is 11.0. The van der Waals surface area contributed by atoms with Gasteiger partial charge in [0.05, 0.1) is 11.0 Å². The summed E-state index contributed by atoms with van der Waals surface area (Å²) >= 11 is 7.61. The van der Waals surface area contributed by atoms with Crippen LogP contribution in [-0.2, 0) is 12.8 Å². The standard InChI is InChI=1S/C23H16ClN3O2S/c24-15-5-3-4-13(10-15)18-9-8-16(29-18)11-14(12-25)21-26-22(28)20-17-6-1-2-7-19(17)30-23(20)27-21/h3-5,8-11H,1-2,6-7H2,(H,26,27,28)/b14-11+. The largest absolute Gasteiger partial charge is 0.457 e. The van der Waals surface area contributed by atoms with Crippen LogP contribution in [-0.4, -0.2) is 9.97 Å². The highest BCUT2D eigenvalue weighted by Crippen LogP contribution is 2.34. The maximum atomic E-state index is 12.8. The van der Waals surface area contributed by atoms with E-state index >= 15 is 0 Å². The van der Waals surface area contributed by atoms with Gasteiger partial charge in [-0.3, -0.25) is 4.79 Å². The maximum absolute atomic E-state index is 12.8. The number of allylic oxidation sites excluding steroid dienone is 1. The monoisotopic (exact) mass is 433 g/mol. The van der Waals surface area contributed by atoms with Gasteiger partial charge in [0.2, 0.25) is 0 Å². The fourth-order valence-electron chi connectivity index (χ4n) is 3.81. The van der Waals surface area contributed by atoms with E-state index in [2.05, 4.69) is 16.0 Å². The van der Waals surface area contributed by atoms with E-state index in [9.17, 15) is 10.1 Å². The maximum Gasteiger partial charge on any atom is 0.260 e. The van der Waals surface area contributed by atoms with Gasteiger partial charge in [0.25, 0.3) is 5.56 Å². The fourth-order valence-corrected chi connectivity index (χ4v) is 5.27. The Hall–Kier alpha value is -3.14. The number of benzene rings is 1. The summed E-state index contributed by atoms with van der Waals surface area (Å²) in [6.45, 7) is 0. The first-order valence-corrected chi connectivity index (χ1v) is 10.8. The number of aromatic amines is 1. The number of fused-ring (bicyclic) bond motifs is 3. The molecule has 0 saturated heterocycles. The molecule has 0 spiro atoms. The molecule has 1 aliphatic rings. The third kappa shape index (κ3) is 3.36. The minimum atomic E-state index is -0.186. The summed E-state index contributed by atoms with van der Waals surface area (Å²) in [6.07, 6.45) is 5.73. The predicted octanol–water partition coefficient (Wildman–Crippen LogP) is 5.84. The second-order valence-electron chi connectivity index (χ2n) is 7.19. The third-order valence-electron chi connectivity index (χ3n) is 5.22. The Labute approximate surface area is 181 Å². The molecule has 0 fully saturated rings. The smallest absolute Gasteiger partial charge is 0.260 e. The normalized spacial score (nSPS) is 13.9. The van der Waals surface area contributed by atoms with Gasteiger partial charge >= 0.3 is 0 Å². The molecule has 5 nitrogen and oxygen atoms in total. The number of hydrogen-bond acceptors (Lipinski definition) is 5. The first-order valence-electron chi connectivity index (χ1n) is 9.65. The van der Waals surface area contributed by atoms with Crippen molar-refractivity contribution >= 4 is 44.8 Å². The fraction of sp³-hybridized carbons (Fsp3) is 0.174. The van der Waals surface area contributed by atoms with Crippen molar-refractivity contribution in [1.82, 2.24) is 9.97 Å². The van der Waals surface area contributed by atoms with Crippen LogP contribution in [0.5, 0.6) is 0 Å². The number of thiophene rings is 1. The van der Waals surface area contributed by atoms with E-state index in [4.69, 9.17) is 16.0 Å². The lowest BCUT2D eigenvalue weighted by Gasteiger charge is -2.09. The van der Waals surface area contributed by atoms with Gasteiger partial charge in [-0.05, 0) is 55.5 Å². The molecule has 5 rings (SSSR count). The number of nitrogens with zero attached hydrogens (tertiary/aromatic N) is 2. The van der Waals surface area contributed by atoms with Crippen LogP contribution in [0.2, 0.25) is 5.02 Å². The molecule has 0 atom stereocenters. The second-order valence-corrected chi connectivity index (χ2v) is 8.71. The Kier molecular flexibility index (Phi) is 4.78. The molecule has 148 valence electrons. The minimum Gasteiger partial charge on any atom is -0.457 e. The molecular weight excluding hydrogens is 418 g/mol. The summed E-state index contributed by atoms with van der Waals surface area (Å²) < 4.78 is 5.86. The number of halogens is 1. The Balaban J connectivity index is 1.54. The van der Waals surface area contributed by atoms with Crippen LogP contribution in [0, 0.1) is 11.3 Å². The molecule has 0 radical (unpaired) electrons. The van der Waals surface area contributed by atoms with Crippen molar-refractivity contribution in [3.63, 3.8) is 0 Å². The van der Waals surface area contributed by atoms with Gasteiger partial charge in [0.15, 0.2) is 5.82 Å². The molecule has 0 unspecified atom stereocenters. The van der Waals surface area contributed by atoms with Crippen LogP contribution in [0.3, 0.4) is 0 Å². The van der Waals surface area contributed by atoms with E-state index in [1.165, 1.54) is 4.88 Å². The average molecular weight is 434 g/mol. The van der Waals surface area contributed by atoms with Gasteiger partial charge in [-0.1, -0.05) is 23.7 Å². The Bertz CT molecular complexity index is 1400. The summed E-state index contributed by atoms with van der Waals surface area (Å²) in [4.78, 5) is 22.1. The van der Waals surface area contributed by atoms with Crippen molar-refractivity contribution in [3.8, 4) is 17.4 Å². The van der Waals surface area contributed by atoms with Crippen LogP contribution >= 0.6 is 22.9 Å². The van der Waals surface area contributed by atoms with E-state index in [0.717, 1.165) is 36.8 Å². The molecule has 4 aromatic rings. The average Bonchev–Trinajstić information content (AvgIpc) is 3.36. The SMILES string of the molecule is N#C/C(=C\c1ccc(-c2cccc(Cl)c2)o1)c1nc2sc3c(c2c(=O)[nH]1)CCCC3. The third-order valence-corrected chi connectivity index (χ3v) is 6.64. The molecule has 0 bridgehead atoms. The highest BCUT2D eigenvalue weighted by Gasteiger charge is 2.20. The number of nitrogens with one attached hydrogen (secondary N) is 1. The number of aryl methyl sites for hydroxylation is 2. The molecule has 0 amide bonds. The lowest BCUT2D eigenvalue weighted by Crippen LogP contribution is -2.12. The Morgan fingerprint density at radius 3 is 2.97 bits per heavy atom. The molecule has 30 heavy (non-hydrogen) atoms. The molecule has 3 aromatic heterocycles. The van der Waals surface area contributed by atoms with Gasteiger partial charge in [0, 0.05) is 21.5 Å². The Morgan fingerprint density at radius 2 is 2.13 bits per heavy atom. The van der Waals surface area contributed by atoms with Gasteiger partial charge < -0.3 is 9.40 Å². The lowest BCUT2D eigenvalue weighted by atomic mass is 9.97. The highest BCUT2D eigenvalue weighted by molar-refractivity contribution is 7.18. The Morgan fingerprint density at radius 1 is 1.27 bits per heavy atom. The second kappa shape index (κ2) is 7.60. The lowest BCUT2D eigenvalue weighted by molar-refractivity contribution is 0.572. The van der Waals surface area contributed by atoms with Crippen molar-refractivity contribution in [1.29, 1.82) is 5.26 Å². The van der Waals surface area contributed by atoms with Gasteiger partial charge in [-0.25, -0.2) is 4.98 Å².